The van der Waals surface area contributed by atoms with Gasteiger partial charge in [0, 0.05) is 62.0 Å². The van der Waals surface area contributed by atoms with E-state index in [1.807, 2.05) is 0 Å². The maximum Gasteiger partial charge on any atom is 0.169 e. The first-order valence-corrected chi connectivity index (χ1v) is 10.4. The number of aromatic nitrogens is 3. The quantitative estimate of drug-likeness (QED) is 0.451. The number of nitrogens with two attached hydrogens (primary N) is 1. The van der Waals surface area contributed by atoms with E-state index < -0.39 is 11.6 Å². The summed E-state index contributed by atoms with van der Waals surface area (Å²) in [5.41, 5.74) is 9.89. The van der Waals surface area contributed by atoms with Gasteiger partial charge in [0.05, 0.1) is 33.2 Å². The lowest BCUT2D eigenvalue weighted by molar-refractivity contribution is 0.518. The van der Waals surface area contributed by atoms with Crippen molar-refractivity contribution in [1.29, 1.82) is 5.26 Å². The van der Waals surface area contributed by atoms with E-state index in [1.54, 1.807) is 25.5 Å². The summed E-state index contributed by atoms with van der Waals surface area (Å²) in [6.45, 7) is 1.16. The second-order valence-corrected chi connectivity index (χ2v) is 7.89. The molecule has 5 rings (SSSR count). The van der Waals surface area contributed by atoms with E-state index in [0.717, 1.165) is 31.1 Å². The molecular weight excluding hydrogens is 412 g/mol. The molecule has 0 spiro atoms. The normalized spacial score (nSPS) is 16.1. The van der Waals surface area contributed by atoms with Crippen molar-refractivity contribution in [3.63, 3.8) is 0 Å². The van der Waals surface area contributed by atoms with Crippen LogP contribution in [0.2, 0.25) is 0 Å². The van der Waals surface area contributed by atoms with Crippen molar-refractivity contribution >= 4 is 33.3 Å². The Morgan fingerprint density at radius 2 is 2.12 bits per heavy atom. The summed E-state index contributed by atoms with van der Waals surface area (Å²) in [5, 5.41) is 12.9. The summed E-state index contributed by atoms with van der Waals surface area (Å²) in [4.78, 5) is 14.0. The summed E-state index contributed by atoms with van der Waals surface area (Å²) in [7, 11) is 1.65. The van der Waals surface area contributed by atoms with Crippen LogP contribution in [0.5, 0.6) is 0 Å². The number of fused-ring (bicyclic) bond motifs is 3. The van der Waals surface area contributed by atoms with Gasteiger partial charge in [0.1, 0.15) is 11.7 Å². The summed E-state index contributed by atoms with van der Waals surface area (Å²) >= 11 is 0. The average molecular weight is 433 g/mol. The number of nitrogens with one attached hydrogen (secondary N) is 2. The highest BCUT2D eigenvalue weighted by atomic mass is 19.2. The maximum atomic E-state index is 15.2. The lowest BCUT2D eigenvalue weighted by atomic mass is 10.0. The number of anilines is 2. The van der Waals surface area contributed by atoms with Crippen molar-refractivity contribution in [3.05, 3.63) is 47.9 Å². The van der Waals surface area contributed by atoms with E-state index in [0.29, 0.717) is 45.5 Å². The molecule has 1 unspecified atom stereocenters. The molecule has 3 aromatic heterocycles. The van der Waals surface area contributed by atoms with Crippen LogP contribution in [-0.4, -0.2) is 41.1 Å². The third-order valence-electron chi connectivity index (χ3n) is 6.15. The SMILES string of the molecule is CNc1cc(F)c(F)c2c1[nH]c1ncc(-c3cncc(C#N)c3)c(N3CCCC3CN)c12. The Bertz CT molecular complexity index is 1390. The molecule has 4 N–H and O–H groups in total. The minimum atomic E-state index is -0.941. The van der Waals surface area contributed by atoms with Gasteiger partial charge in [0.2, 0.25) is 0 Å². The molecule has 4 heterocycles. The number of halogens is 2. The highest BCUT2D eigenvalue weighted by molar-refractivity contribution is 6.18. The van der Waals surface area contributed by atoms with Gasteiger partial charge < -0.3 is 20.9 Å². The molecule has 162 valence electrons. The topological polar surface area (TPSA) is 107 Å². The van der Waals surface area contributed by atoms with E-state index in [-0.39, 0.29) is 11.4 Å². The zero-order valence-corrected chi connectivity index (χ0v) is 17.4. The molecule has 0 bridgehead atoms. The summed E-state index contributed by atoms with van der Waals surface area (Å²) in [6.07, 6.45) is 6.64. The first-order valence-electron chi connectivity index (χ1n) is 10.4. The van der Waals surface area contributed by atoms with E-state index >= 15 is 4.39 Å². The molecule has 1 fully saturated rings. The third kappa shape index (κ3) is 2.95. The van der Waals surface area contributed by atoms with Crippen molar-refractivity contribution in [3.8, 4) is 17.2 Å². The number of H-pyrrole nitrogens is 1. The first kappa shape index (κ1) is 20.2. The van der Waals surface area contributed by atoms with E-state index in [4.69, 9.17) is 5.73 Å². The van der Waals surface area contributed by atoms with Crippen LogP contribution in [0.3, 0.4) is 0 Å². The molecule has 1 aliphatic heterocycles. The molecular formula is C23H21F2N7. The number of aromatic amines is 1. The molecule has 0 amide bonds. The van der Waals surface area contributed by atoms with E-state index in [2.05, 4.69) is 31.2 Å². The Kier molecular flexibility index (Phi) is 4.87. The van der Waals surface area contributed by atoms with Gasteiger partial charge in [-0.2, -0.15) is 5.26 Å². The fourth-order valence-electron chi connectivity index (χ4n) is 4.67. The molecule has 0 radical (unpaired) electrons. The smallest absolute Gasteiger partial charge is 0.169 e. The molecule has 0 aliphatic carbocycles. The zero-order chi connectivity index (χ0) is 22.4. The third-order valence-corrected chi connectivity index (χ3v) is 6.15. The summed E-state index contributed by atoms with van der Waals surface area (Å²) < 4.78 is 29.8. The second kappa shape index (κ2) is 7.73. The fourth-order valence-corrected chi connectivity index (χ4v) is 4.67. The molecule has 9 heteroatoms. The molecule has 32 heavy (non-hydrogen) atoms. The van der Waals surface area contributed by atoms with Gasteiger partial charge >= 0.3 is 0 Å². The van der Waals surface area contributed by atoms with Crippen LogP contribution < -0.4 is 16.0 Å². The number of nitrogens with zero attached hydrogens (tertiary/aromatic N) is 4. The number of hydrogen-bond acceptors (Lipinski definition) is 6. The van der Waals surface area contributed by atoms with Crippen molar-refractivity contribution in [1.82, 2.24) is 15.0 Å². The van der Waals surface area contributed by atoms with E-state index in [1.165, 1.54) is 6.20 Å². The van der Waals surface area contributed by atoms with Crippen LogP contribution in [-0.2, 0) is 0 Å². The Morgan fingerprint density at radius 3 is 2.88 bits per heavy atom. The Balaban J connectivity index is 1.93. The lowest BCUT2D eigenvalue weighted by Gasteiger charge is -2.29. The number of hydrogen-bond donors (Lipinski definition) is 3. The van der Waals surface area contributed by atoms with Gasteiger partial charge in [-0.1, -0.05) is 0 Å². The summed E-state index contributed by atoms with van der Waals surface area (Å²) in [5.74, 6) is -1.87. The predicted octanol–water partition coefficient (Wildman–Crippen LogP) is 3.90. The minimum Gasteiger partial charge on any atom is -0.386 e. The Hall–Kier alpha value is -3.77. The van der Waals surface area contributed by atoms with Gasteiger partial charge in [-0.15, -0.1) is 0 Å². The number of rotatable bonds is 4. The van der Waals surface area contributed by atoms with Crippen molar-refractivity contribution in [2.24, 2.45) is 5.73 Å². The van der Waals surface area contributed by atoms with Crippen LogP contribution in [0.4, 0.5) is 20.2 Å². The number of pyridine rings is 2. The highest BCUT2D eigenvalue weighted by Gasteiger charge is 2.30. The van der Waals surface area contributed by atoms with Crippen molar-refractivity contribution in [2.45, 2.75) is 18.9 Å². The van der Waals surface area contributed by atoms with Gasteiger partial charge in [0.25, 0.3) is 0 Å². The monoisotopic (exact) mass is 433 g/mol. The first-order chi connectivity index (χ1) is 15.6. The van der Waals surface area contributed by atoms with Crippen molar-refractivity contribution < 1.29 is 8.78 Å². The van der Waals surface area contributed by atoms with Crippen molar-refractivity contribution in [2.75, 3.05) is 30.4 Å². The standard InChI is InChI=1S/C23H21F2N7/c1-28-17-6-16(24)20(25)18-19-22(32-4-2-3-14(32)8-27)15(11-30-23(19)31-21(17)18)13-5-12(7-26)9-29-10-13/h5-6,9-11,14,28H,2-4,8,27H2,1H3,(H,30,31). The molecule has 1 aromatic carbocycles. The maximum absolute atomic E-state index is 15.2. The minimum absolute atomic E-state index is 0.0526. The van der Waals surface area contributed by atoms with Gasteiger partial charge in [-0.3, -0.25) is 4.98 Å². The zero-order valence-electron chi connectivity index (χ0n) is 17.4. The van der Waals surface area contributed by atoms with Crippen LogP contribution in [0.25, 0.3) is 33.1 Å². The van der Waals surface area contributed by atoms with Crippen LogP contribution in [0.15, 0.2) is 30.7 Å². The second-order valence-electron chi connectivity index (χ2n) is 7.89. The number of benzene rings is 1. The molecule has 0 saturated carbocycles. The molecule has 1 atom stereocenters. The molecule has 4 aromatic rings. The highest BCUT2D eigenvalue weighted by Crippen LogP contribution is 2.44. The predicted molar refractivity (Wildman–Crippen MR) is 120 cm³/mol. The van der Waals surface area contributed by atoms with Gasteiger partial charge in [-0.05, 0) is 18.9 Å². The van der Waals surface area contributed by atoms with E-state index in [9.17, 15) is 9.65 Å². The van der Waals surface area contributed by atoms with Gasteiger partial charge in [-0.25, -0.2) is 13.8 Å². The summed E-state index contributed by atoms with van der Waals surface area (Å²) in [6, 6.07) is 5.00. The Morgan fingerprint density at radius 1 is 1.28 bits per heavy atom. The van der Waals surface area contributed by atoms with Crippen LogP contribution in [0.1, 0.15) is 18.4 Å². The molecule has 1 saturated heterocycles. The molecule has 1 aliphatic rings. The lowest BCUT2D eigenvalue weighted by Crippen LogP contribution is -2.35. The fraction of sp³-hybridized carbons (Fsp3) is 0.261. The van der Waals surface area contributed by atoms with Crippen LogP contribution in [0, 0.1) is 23.0 Å². The average Bonchev–Trinajstić information content (AvgIpc) is 3.45. The Labute approximate surface area is 182 Å². The van der Waals surface area contributed by atoms with Gasteiger partial charge in [0.15, 0.2) is 11.6 Å². The largest absolute Gasteiger partial charge is 0.386 e. The number of nitriles is 1. The van der Waals surface area contributed by atoms with Crippen LogP contribution >= 0.6 is 0 Å². The molecule has 7 nitrogen and oxygen atoms in total.